The number of guanidine groups is 1. The van der Waals surface area contributed by atoms with Crippen molar-refractivity contribution in [2.75, 3.05) is 29.9 Å². The van der Waals surface area contributed by atoms with Crippen LogP contribution in [0.1, 0.15) is 12.5 Å². The minimum Gasteiger partial charge on any atom is -0.352 e. The van der Waals surface area contributed by atoms with E-state index in [0.29, 0.717) is 35.8 Å². The Morgan fingerprint density at radius 3 is 2.97 bits per heavy atom. The summed E-state index contributed by atoms with van der Waals surface area (Å²) < 4.78 is 13.9. The van der Waals surface area contributed by atoms with Crippen LogP contribution in [0.4, 0.5) is 15.9 Å². The molecule has 0 amide bonds. The molecule has 154 valence electrons. The molecule has 10 heteroatoms. The van der Waals surface area contributed by atoms with Crippen LogP contribution in [0.2, 0.25) is 0 Å². The van der Waals surface area contributed by atoms with E-state index < -0.39 is 0 Å². The molecule has 1 aliphatic heterocycles. The number of aryl methyl sites for hydroxylation is 1. The fourth-order valence-corrected chi connectivity index (χ4v) is 4.10. The summed E-state index contributed by atoms with van der Waals surface area (Å²) >= 11 is 3.18. The Bertz CT molecular complexity index is 1150. The van der Waals surface area contributed by atoms with E-state index in [4.69, 9.17) is 0 Å². The van der Waals surface area contributed by atoms with Gasteiger partial charge in [0.2, 0.25) is 12.2 Å². The van der Waals surface area contributed by atoms with Crippen LogP contribution in [0.3, 0.4) is 0 Å². The first-order chi connectivity index (χ1) is 14.5. The molecule has 1 aromatic carbocycles. The van der Waals surface area contributed by atoms with E-state index in [-0.39, 0.29) is 11.9 Å². The van der Waals surface area contributed by atoms with Gasteiger partial charge in [-0.15, -0.1) is 4.99 Å². The first-order valence-electron chi connectivity index (χ1n) is 9.47. The third kappa shape index (κ3) is 3.80. The van der Waals surface area contributed by atoms with Gasteiger partial charge in [0, 0.05) is 37.6 Å². The molecule has 3 heterocycles. The number of rotatable bonds is 2. The topological polar surface area (TPSA) is 96.2 Å². The molecule has 1 aliphatic rings. The predicted molar refractivity (Wildman–Crippen MR) is 118 cm³/mol. The van der Waals surface area contributed by atoms with Crippen LogP contribution >= 0.6 is 15.9 Å². The van der Waals surface area contributed by atoms with Gasteiger partial charge in [-0.05, 0) is 53.5 Å². The number of hydrogen-bond acceptors (Lipinski definition) is 5. The van der Waals surface area contributed by atoms with Crippen LogP contribution in [-0.4, -0.2) is 51.5 Å². The summed E-state index contributed by atoms with van der Waals surface area (Å²) in [5.74, 6) is 0.991. The number of hydrogen-bond donors (Lipinski definition) is 2. The molecule has 1 atom stereocenters. The second-order valence-corrected chi connectivity index (χ2v) is 8.02. The average molecular weight is 471 g/mol. The van der Waals surface area contributed by atoms with Gasteiger partial charge >= 0.3 is 0 Å². The summed E-state index contributed by atoms with van der Waals surface area (Å²) in [6.07, 6.45) is 5.37. The lowest BCUT2D eigenvalue weighted by Gasteiger charge is -2.41. The van der Waals surface area contributed by atoms with Gasteiger partial charge in [-0.2, -0.15) is 5.26 Å². The van der Waals surface area contributed by atoms with Crippen LogP contribution in [-0.2, 0) is 0 Å². The highest BCUT2D eigenvalue weighted by atomic mass is 79.9. The smallest absolute Gasteiger partial charge is 0.214 e. The van der Waals surface area contributed by atoms with Gasteiger partial charge in [0.15, 0.2) is 0 Å². The fourth-order valence-electron chi connectivity index (χ4n) is 3.72. The highest BCUT2D eigenvalue weighted by molar-refractivity contribution is 9.10. The van der Waals surface area contributed by atoms with Gasteiger partial charge in [-0.25, -0.2) is 14.4 Å². The highest BCUT2D eigenvalue weighted by Gasteiger charge is 2.28. The van der Waals surface area contributed by atoms with E-state index in [9.17, 15) is 9.65 Å². The largest absolute Gasteiger partial charge is 0.352 e. The number of fused-ring (bicyclic) bond motifs is 1. The Morgan fingerprint density at radius 2 is 2.23 bits per heavy atom. The van der Waals surface area contributed by atoms with Crippen LogP contribution in [0.5, 0.6) is 0 Å². The first-order valence-corrected chi connectivity index (χ1v) is 10.3. The van der Waals surface area contributed by atoms with Crippen LogP contribution in [0, 0.1) is 24.2 Å². The normalized spacial score (nSPS) is 17.3. The van der Waals surface area contributed by atoms with Crippen LogP contribution in [0.25, 0.3) is 11.0 Å². The standard InChI is InChI=1S/C20H20BrFN8/c1-12-8-24-18-17(12)19(27-11-26-18)29-5-6-30(13(2)9-29)20(25-10-23)28-14-3-4-16(22)15(21)7-14/h3-4,7-8,11,13H,5-6,9H2,1-2H3,(H,25,28)(H,24,26,27)/t13-/m0/s1. The number of anilines is 2. The van der Waals surface area contributed by atoms with Gasteiger partial charge in [-0.1, -0.05) is 0 Å². The van der Waals surface area contributed by atoms with Crippen molar-refractivity contribution >= 4 is 44.4 Å². The number of nitriles is 1. The van der Waals surface area contributed by atoms with E-state index in [2.05, 4.69) is 53.0 Å². The molecule has 2 N–H and O–H groups in total. The average Bonchev–Trinajstić information content (AvgIpc) is 3.11. The summed E-state index contributed by atoms with van der Waals surface area (Å²) in [5, 5.41) is 13.4. The molecule has 4 rings (SSSR count). The van der Waals surface area contributed by atoms with Crippen molar-refractivity contribution in [3.8, 4) is 6.19 Å². The number of nitrogens with zero attached hydrogens (tertiary/aromatic N) is 6. The Balaban J connectivity index is 1.55. The number of H-pyrrole nitrogens is 1. The van der Waals surface area contributed by atoms with Crippen molar-refractivity contribution in [2.24, 2.45) is 4.99 Å². The van der Waals surface area contributed by atoms with Crippen molar-refractivity contribution in [3.05, 3.63) is 46.6 Å². The number of aromatic amines is 1. The number of halogens is 2. The zero-order valence-corrected chi connectivity index (χ0v) is 18.1. The second-order valence-electron chi connectivity index (χ2n) is 7.17. The predicted octanol–water partition coefficient (Wildman–Crippen LogP) is 3.63. The van der Waals surface area contributed by atoms with E-state index in [1.165, 1.54) is 6.07 Å². The minimum absolute atomic E-state index is 0.0616. The van der Waals surface area contributed by atoms with Gasteiger partial charge in [0.25, 0.3) is 0 Å². The molecule has 1 fully saturated rings. The molecule has 0 radical (unpaired) electrons. The van der Waals surface area contributed by atoms with Gasteiger partial charge in [-0.3, -0.25) is 0 Å². The molecular weight excluding hydrogens is 451 g/mol. The van der Waals surface area contributed by atoms with Gasteiger partial charge < -0.3 is 20.1 Å². The van der Waals surface area contributed by atoms with Crippen molar-refractivity contribution in [1.29, 1.82) is 5.26 Å². The maximum absolute atomic E-state index is 13.5. The summed E-state index contributed by atoms with van der Waals surface area (Å²) in [5.41, 5.74) is 2.57. The second kappa shape index (κ2) is 8.28. The molecule has 3 aromatic rings. The molecular formula is C20H20BrFN8. The monoisotopic (exact) mass is 470 g/mol. The highest BCUT2D eigenvalue weighted by Crippen LogP contribution is 2.28. The first kappa shape index (κ1) is 20.1. The number of benzene rings is 1. The Kier molecular flexibility index (Phi) is 5.55. The van der Waals surface area contributed by atoms with Gasteiger partial charge in [0.1, 0.15) is 23.6 Å². The molecule has 0 saturated carbocycles. The maximum atomic E-state index is 13.5. The Morgan fingerprint density at radius 1 is 1.40 bits per heavy atom. The maximum Gasteiger partial charge on any atom is 0.214 e. The molecule has 1 saturated heterocycles. The molecule has 0 spiro atoms. The van der Waals surface area contributed by atoms with E-state index in [1.54, 1.807) is 18.5 Å². The summed E-state index contributed by atoms with van der Waals surface area (Å²) in [4.78, 5) is 20.3. The number of aliphatic imine (C=N–C) groups is 1. The van der Waals surface area contributed by atoms with Gasteiger partial charge in [0.05, 0.1) is 9.86 Å². The van der Waals surface area contributed by atoms with Crippen molar-refractivity contribution in [3.63, 3.8) is 0 Å². The number of nitrogens with one attached hydrogen (secondary N) is 2. The van der Waals surface area contributed by atoms with E-state index in [1.807, 2.05) is 24.2 Å². The minimum atomic E-state index is -0.350. The molecule has 0 aliphatic carbocycles. The zero-order valence-electron chi connectivity index (χ0n) is 16.5. The molecule has 0 unspecified atom stereocenters. The zero-order chi connectivity index (χ0) is 21.3. The molecule has 8 nitrogen and oxygen atoms in total. The third-order valence-electron chi connectivity index (χ3n) is 5.18. The summed E-state index contributed by atoms with van der Waals surface area (Å²) in [6.45, 7) is 6.17. The van der Waals surface area contributed by atoms with E-state index >= 15 is 0 Å². The molecule has 30 heavy (non-hydrogen) atoms. The molecule has 0 bridgehead atoms. The van der Waals surface area contributed by atoms with Crippen LogP contribution < -0.4 is 10.2 Å². The summed E-state index contributed by atoms with van der Waals surface area (Å²) in [6, 6.07) is 4.65. The van der Waals surface area contributed by atoms with Crippen molar-refractivity contribution in [2.45, 2.75) is 19.9 Å². The lowest BCUT2D eigenvalue weighted by atomic mass is 10.1. The van der Waals surface area contributed by atoms with Crippen molar-refractivity contribution in [1.82, 2.24) is 19.9 Å². The SMILES string of the molecule is Cc1c[nH]c2ncnc(N3CCN(/C(=N\C#N)Nc4ccc(F)c(Br)c4)[C@@H](C)C3)c12. The fraction of sp³-hybridized carbons (Fsp3) is 0.300. The van der Waals surface area contributed by atoms with E-state index in [0.717, 1.165) is 22.4 Å². The van der Waals surface area contributed by atoms with Crippen LogP contribution in [0.15, 0.2) is 40.2 Å². The summed E-state index contributed by atoms with van der Waals surface area (Å²) in [7, 11) is 0. The quantitative estimate of drug-likeness (QED) is 0.337. The lowest BCUT2D eigenvalue weighted by molar-refractivity contribution is 0.297. The number of aromatic nitrogens is 3. The third-order valence-corrected chi connectivity index (χ3v) is 5.79. The Hall–Kier alpha value is -3.19. The number of piperazine rings is 1. The molecule has 2 aromatic heterocycles. The Labute approximate surface area is 181 Å². The lowest BCUT2D eigenvalue weighted by Crippen LogP contribution is -2.56. The van der Waals surface area contributed by atoms with Crippen molar-refractivity contribution < 1.29 is 4.39 Å².